The van der Waals surface area contributed by atoms with Crippen molar-refractivity contribution < 1.29 is 14.5 Å². The van der Waals surface area contributed by atoms with Gasteiger partial charge in [-0.25, -0.2) is 9.79 Å². The Kier molecular flexibility index (Phi) is 7.24. The highest BCUT2D eigenvalue weighted by atomic mass is 16.6. The number of aryl methyl sites for hydroxylation is 1. The van der Waals surface area contributed by atoms with Crippen molar-refractivity contribution in [2.75, 3.05) is 0 Å². The third-order valence-electron chi connectivity index (χ3n) is 7.78. The average Bonchev–Trinajstić information content (AvgIpc) is 3.50. The standard InChI is InChI=1S/C36H31N3O4/c1-36(2)22-25(8-4-6-10-31-35(40)43-34(37-31)27-15-17-28(18-16-27)39(41)42)20-26(23-36)13-12-24-14-19-33-30(21-24)29-9-5-7-11-32(29)38(33)3/h4-21H,22-23H2,1-3H3/b6-4+,13-12+,25-8-,31-10+. The summed E-state index contributed by atoms with van der Waals surface area (Å²) in [5.74, 6) is -0.427. The average molecular weight is 570 g/mol. The van der Waals surface area contributed by atoms with Crippen LogP contribution in [0.3, 0.4) is 0 Å². The van der Waals surface area contributed by atoms with Crippen LogP contribution < -0.4 is 0 Å². The van der Waals surface area contributed by atoms with Gasteiger partial charge in [0.1, 0.15) is 0 Å². The quantitative estimate of drug-likeness (QED) is 0.101. The Balaban J connectivity index is 1.19. The van der Waals surface area contributed by atoms with Crippen LogP contribution in [0.25, 0.3) is 27.9 Å². The molecule has 43 heavy (non-hydrogen) atoms. The number of cyclic esters (lactones) is 1. The number of benzene rings is 3. The number of fused-ring (bicyclic) bond motifs is 3. The molecule has 3 aromatic carbocycles. The molecule has 214 valence electrons. The largest absolute Gasteiger partial charge is 0.402 e. The van der Waals surface area contributed by atoms with Gasteiger partial charge in [-0.15, -0.1) is 0 Å². The van der Waals surface area contributed by atoms with E-state index in [1.165, 1.54) is 62.8 Å². The molecule has 0 fully saturated rings. The number of para-hydroxylation sites is 1. The number of hydrogen-bond acceptors (Lipinski definition) is 5. The van der Waals surface area contributed by atoms with E-state index in [9.17, 15) is 14.9 Å². The van der Waals surface area contributed by atoms with E-state index in [2.05, 4.69) is 97.2 Å². The summed E-state index contributed by atoms with van der Waals surface area (Å²) in [7, 11) is 2.11. The molecule has 2 heterocycles. The maximum atomic E-state index is 12.3. The van der Waals surface area contributed by atoms with Gasteiger partial charge in [0.2, 0.25) is 5.90 Å². The zero-order valence-electron chi connectivity index (χ0n) is 24.3. The molecule has 2 aliphatic rings. The van der Waals surface area contributed by atoms with Crippen molar-refractivity contribution in [2.24, 2.45) is 17.5 Å². The highest BCUT2D eigenvalue weighted by Gasteiger charge is 2.25. The second kappa shape index (κ2) is 11.2. The fourth-order valence-corrected chi connectivity index (χ4v) is 5.81. The predicted molar refractivity (Wildman–Crippen MR) is 172 cm³/mol. The molecular weight excluding hydrogens is 538 g/mol. The molecule has 7 nitrogen and oxygen atoms in total. The van der Waals surface area contributed by atoms with Crippen LogP contribution in [0.2, 0.25) is 0 Å². The van der Waals surface area contributed by atoms with Crippen LogP contribution in [-0.2, 0) is 16.6 Å². The number of esters is 1. The minimum atomic E-state index is -0.557. The number of nitro groups is 1. The summed E-state index contributed by atoms with van der Waals surface area (Å²) in [6.07, 6.45) is 15.9. The SMILES string of the molecule is Cn1c2ccccc2c2cc(/C=C/C3=CC(=C/C=C/C=C4/N=C(c5ccc([N+](=O)[O-])cc5)OC4=O)/CC(C)(C)C3)ccc21. The number of carbonyl (C=O) groups is 1. The highest BCUT2D eigenvalue weighted by Crippen LogP contribution is 2.39. The van der Waals surface area contributed by atoms with Crippen LogP contribution in [0, 0.1) is 15.5 Å². The molecule has 0 N–H and O–H groups in total. The van der Waals surface area contributed by atoms with Gasteiger partial charge in [0, 0.05) is 46.5 Å². The van der Waals surface area contributed by atoms with Gasteiger partial charge in [-0.2, -0.15) is 0 Å². The fraction of sp³-hybridized carbons (Fsp3) is 0.167. The molecule has 4 aromatic rings. The molecule has 1 aliphatic heterocycles. The zero-order chi connectivity index (χ0) is 30.1. The summed E-state index contributed by atoms with van der Waals surface area (Å²) >= 11 is 0. The molecule has 0 atom stereocenters. The monoisotopic (exact) mass is 569 g/mol. The lowest BCUT2D eigenvalue weighted by Gasteiger charge is -2.30. The van der Waals surface area contributed by atoms with Gasteiger partial charge >= 0.3 is 5.97 Å². The Morgan fingerprint density at radius 3 is 2.47 bits per heavy atom. The first-order valence-electron chi connectivity index (χ1n) is 14.2. The van der Waals surface area contributed by atoms with Crippen molar-refractivity contribution in [2.45, 2.75) is 26.7 Å². The smallest absolute Gasteiger partial charge is 0.363 e. The number of non-ortho nitro benzene ring substituents is 1. The van der Waals surface area contributed by atoms with Gasteiger partial charge in [0.15, 0.2) is 5.70 Å². The van der Waals surface area contributed by atoms with Gasteiger partial charge in [-0.3, -0.25) is 10.1 Å². The third-order valence-corrected chi connectivity index (χ3v) is 7.78. The second-order valence-corrected chi connectivity index (χ2v) is 11.7. The van der Waals surface area contributed by atoms with E-state index in [1.807, 2.05) is 6.08 Å². The van der Waals surface area contributed by atoms with Crippen molar-refractivity contribution >= 4 is 45.4 Å². The maximum Gasteiger partial charge on any atom is 0.363 e. The molecule has 0 radical (unpaired) electrons. The molecule has 0 spiro atoms. The van der Waals surface area contributed by atoms with Crippen LogP contribution in [0.4, 0.5) is 5.69 Å². The number of aliphatic imine (C=N–C) groups is 1. The first-order chi connectivity index (χ1) is 20.7. The first kappa shape index (κ1) is 27.8. The van der Waals surface area contributed by atoms with Gasteiger partial charge in [-0.05, 0) is 71.4 Å². The van der Waals surface area contributed by atoms with Gasteiger partial charge in [0.25, 0.3) is 5.69 Å². The third kappa shape index (κ3) is 5.88. The van der Waals surface area contributed by atoms with Gasteiger partial charge < -0.3 is 9.30 Å². The number of ether oxygens (including phenoxy) is 1. The Morgan fingerprint density at radius 1 is 0.930 bits per heavy atom. The van der Waals surface area contributed by atoms with Crippen molar-refractivity contribution in [1.82, 2.24) is 4.57 Å². The van der Waals surface area contributed by atoms with E-state index >= 15 is 0 Å². The molecule has 0 unspecified atom stereocenters. The lowest BCUT2D eigenvalue weighted by Crippen LogP contribution is -2.16. The number of nitrogens with zero attached hydrogens (tertiary/aromatic N) is 3. The lowest BCUT2D eigenvalue weighted by molar-refractivity contribution is -0.384. The van der Waals surface area contributed by atoms with Crippen LogP contribution in [0.5, 0.6) is 0 Å². The van der Waals surface area contributed by atoms with E-state index < -0.39 is 10.9 Å². The summed E-state index contributed by atoms with van der Waals surface area (Å²) in [4.78, 5) is 27.0. The molecule has 6 rings (SSSR count). The molecule has 0 amide bonds. The van der Waals surface area contributed by atoms with Crippen molar-refractivity contribution in [3.8, 4) is 0 Å². The first-order valence-corrected chi connectivity index (χ1v) is 14.2. The van der Waals surface area contributed by atoms with Crippen molar-refractivity contribution in [3.63, 3.8) is 0 Å². The summed E-state index contributed by atoms with van der Waals surface area (Å²) < 4.78 is 7.50. The predicted octanol–water partition coefficient (Wildman–Crippen LogP) is 8.37. The number of nitro benzene ring substituents is 1. The van der Waals surface area contributed by atoms with E-state index in [0.29, 0.717) is 5.56 Å². The van der Waals surface area contributed by atoms with E-state index in [0.717, 1.165) is 12.8 Å². The Morgan fingerprint density at radius 2 is 1.67 bits per heavy atom. The number of hydrogen-bond donors (Lipinski definition) is 0. The number of rotatable bonds is 6. The maximum absolute atomic E-state index is 12.3. The Labute approximate surface area is 249 Å². The summed E-state index contributed by atoms with van der Waals surface area (Å²) in [6, 6.07) is 20.9. The van der Waals surface area contributed by atoms with Crippen LogP contribution in [-0.4, -0.2) is 21.4 Å². The van der Waals surface area contributed by atoms with Crippen LogP contribution >= 0.6 is 0 Å². The zero-order valence-corrected chi connectivity index (χ0v) is 24.3. The summed E-state index contributed by atoms with van der Waals surface area (Å²) in [6.45, 7) is 4.55. The van der Waals surface area contributed by atoms with Crippen LogP contribution in [0.15, 0.2) is 125 Å². The summed E-state index contributed by atoms with van der Waals surface area (Å²) in [5, 5.41) is 13.4. The van der Waals surface area contributed by atoms with Crippen molar-refractivity contribution in [3.05, 3.63) is 141 Å². The molecule has 0 bridgehead atoms. The van der Waals surface area contributed by atoms with E-state index in [4.69, 9.17) is 4.74 Å². The number of aromatic nitrogens is 1. The highest BCUT2D eigenvalue weighted by molar-refractivity contribution is 6.11. The van der Waals surface area contributed by atoms with Crippen molar-refractivity contribution in [1.29, 1.82) is 0 Å². The topological polar surface area (TPSA) is 86.7 Å². The van der Waals surface area contributed by atoms with Crippen LogP contribution in [0.1, 0.15) is 37.8 Å². The van der Waals surface area contributed by atoms with Gasteiger partial charge in [0.05, 0.1) is 4.92 Å². The van der Waals surface area contributed by atoms with E-state index in [1.54, 1.807) is 12.2 Å². The number of carbonyl (C=O) groups excluding carboxylic acids is 1. The molecule has 1 aliphatic carbocycles. The summed E-state index contributed by atoms with van der Waals surface area (Å²) in [5.41, 5.74) is 6.85. The van der Waals surface area contributed by atoms with Gasteiger partial charge in [-0.1, -0.05) is 74.6 Å². The normalized spacial score (nSPS) is 18.7. The Bertz CT molecular complexity index is 1960. The molecule has 0 saturated heterocycles. The molecule has 0 saturated carbocycles. The molecule has 1 aromatic heterocycles. The number of allylic oxidation sites excluding steroid dienone is 8. The Hall–Kier alpha value is -5.30. The molecular formula is C36H31N3O4. The minimum absolute atomic E-state index is 0.0404. The molecule has 7 heteroatoms. The lowest BCUT2D eigenvalue weighted by atomic mass is 9.75. The second-order valence-electron chi connectivity index (χ2n) is 11.7. The van der Waals surface area contributed by atoms with E-state index in [-0.39, 0.29) is 22.7 Å². The minimum Gasteiger partial charge on any atom is -0.402 e. The fourth-order valence-electron chi connectivity index (χ4n) is 5.81.